The first-order chi connectivity index (χ1) is 16.7. The zero-order chi connectivity index (χ0) is 24.7. The molecule has 1 heterocycles. The predicted molar refractivity (Wildman–Crippen MR) is 119 cm³/mol. The molecule has 1 aliphatic heterocycles. The second-order valence-corrected chi connectivity index (χ2v) is 10.6. The second kappa shape index (κ2) is 9.37. The number of carbonyl (C=O) groups excluding carboxylic acids is 3. The van der Waals surface area contributed by atoms with Crippen molar-refractivity contribution in [3.8, 4) is 5.75 Å². The highest BCUT2D eigenvalue weighted by Gasteiger charge is 2.57. The van der Waals surface area contributed by atoms with Crippen molar-refractivity contribution in [1.82, 2.24) is 4.90 Å². The van der Waals surface area contributed by atoms with Crippen LogP contribution in [0.15, 0.2) is 24.3 Å². The van der Waals surface area contributed by atoms with Crippen LogP contribution in [0.3, 0.4) is 0 Å². The van der Waals surface area contributed by atoms with E-state index in [1.807, 2.05) is 0 Å². The predicted octanol–water partition coefficient (Wildman–Crippen LogP) is 2.95. The zero-order valence-electron chi connectivity index (χ0n) is 19.3. The summed E-state index contributed by atoms with van der Waals surface area (Å²) in [7, 11) is 0. The van der Waals surface area contributed by atoms with Gasteiger partial charge in [-0.1, -0.05) is 0 Å². The standard InChI is InChI=1S/C25H30F2N2O6/c26-24(27)35-19-3-1-17(2-4-19)28-21(31)13-34-22(32)20-8-18(30)12-29(20)23(33)25-9-14-5-15(10-25)7-16(6-14)11-25/h1-4,14-16,18,20,24,30H,5-13H2,(H,28,31). The molecule has 4 bridgehead atoms. The molecule has 0 aromatic heterocycles. The van der Waals surface area contributed by atoms with Gasteiger partial charge >= 0.3 is 12.6 Å². The van der Waals surface area contributed by atoms with Crippen molar-refractivity contribution in [3.05, 3.63) is 24.3 Å². The Morgan fingerprint density at radius 2 is 1.63 bits per heavy atom. The molecule has 8 nitrogen and oxygen atoms in total. The van der Waals surface area contributed by atoms with E-state index in [1.165, 1.54) is 48.4 Å². The van der Waals surface area contributed by atoms with Crippen LogP contribution in [0.2, 0.25) is 0 Å². The number of likely N-dealkylation sites (tertiary alicyclic amines) is 1. The summed E-state index contributed by atoms with van der Waals surface area (Å²) in [5, 5.41) is 12.8. The van der Waals surface area contributed by atoms with E-state index in [0.717, 1.165) is 19.3 Å². The Morgan fingerprint density at radius 3 is 2.20 bits per heavy atom. The van der Waals surface area contributed by atoms with Gasteiger partial charge in [-0.05, 0) is 80.5 Å². The number of nitrogens with zero attached hydrogens (tertiary/aromatic N) is 1. The molecule has 2 unspecified atom stereocenters. The fourth-order valence-corrected chi connectivity index (χ4v) is 7.09. The van der Waals surface area contributed by atoms with Gasteiger partial charge in [-0.25, -0.2) is 4.79 Å². The summed E-state index contributed by atoms with van der Waals surface area (Å²) < 4.78 is 33.9. The van der Waals surface area contributed by atoms with E-state index in [1.54, 1.807) is 0 Å². The molecule has 5 aliphatic rings. The minimum Gasteiger partial charge on any atom is -0.454 e. The number of hydrogen-bond acceptors (Lipinski definition) is 6. The third-order valence-electron chi connectivity index (χ3n) is 8.01. The van der Waals surface area contributed by atoms with E-state index in [2.05, 4.69) is 10.1 Å². The summed E-state index contributed by atoms with van der Waals surface area (Å²) in [5.74, 6) is 0.293. The lowest BCUT2D eigenvalue weighted by Crippen LogP contribution is -2.56. The highest BCUT2D eigenvalue weighted by atomic mass is 19.3. The molecule has 0 spiro atoms. The van der Waals surface area contributed by atoms with Gasteiger partial charge in [0.25, 0.3) is 5.91 Å². The number of ether oxygens (including phenoxy) is 2. The summed E-state index contributed by atoms with van der Waals surface area (Å²) >= 11 is 0. The molecule has 1 aromatic rings. The Hall–Kier alpha value is -2.75. The van der Waals surface area contributed by atoms with Crippen molar-refractivity contribution in [1.29, 1.82) is 0 Å². The van der Waals surface area contributed by atoms with Crippen LogP contribution < -0.4 is 10.1 Å². The summed E-state index contributed by atoms with van der Waals surface area (Å²) in [6, 6.07) is 4.42. The first-order valence-electron chi connectivity index (χ1n) is 12.2. The first-order valence-corrected chi connectivity index (χ1v) is 12.2. The number of esters is 1. The first kappa shape index (κ1) is 24.0. The van der Waals surface area contributed by atoms with Crippen molar-refractivity contribution < 1.29 is 37.7 Å². The molecule has 1 saturated heterocycles. The lowest BCUT2D eigenvalue weighted by molar-refractivity contribution is -0.166. The topological polar surface area (TPSA) is 105 Å². The quantitative estimate of drug-likeness (QED) is 0.567. The minimum atomic E-state index is -2.95. The number of aliphatic hydroxyl groups is 1. The highest BCUT2D eigenvalue weighted by Crippen LogP contribution is 2.60. The zero-order valence-corrected chi connectivity index (χ0v) is 19.3. The molecule has 2 N–H and O–H groups in total. The number of hydrogen-bond donors (Lipinski definition) is 2. The van der Waals surface area contributed by atoms with Crippen LogP contribution in [-0.2, 0) is 19.1 Å². The number of nitrogens with one attached hydrogen (secondary N) is 1. The number of benzene rings is 1. The molecular formula is C25H30F2N2O6. The second-order valence-electron chi connectivity index (χ2n) is 10.6. The number of β-amino-alcohol motifs (C(OH)–C–C–N with tert-alkyl or cyclic N) is 1. The Kier molecular flexibility index (Phi) is 6.41. The monoisotopic (exact) mass is 492 g/mol. The molecule has 10 heteroatoms. The average molecular weight is 493 g/mol. The smallest absolute Gasteiger partial charge is 0.387 e. The maximum absolute atomic E-state index is 13.7. The van der Waals surface area contributed by atoms with Crippen LogP contribution >= 0.6 is 0 Å². The molecule has 190 valence electrons. The van der Waals surface area contributed by atoms with Gasteiger partial charge in [-0.2, -0.15) is 8.78 Å². The van der Waals surface area contributed by atoms with Gasteiger partial charge in [-0.15, -0.1) is 0 Å². The van der Waals surface area contributed by atoms with Crippen LogP contribution in [-0.4, -0.2) is 59.7 Å². The van der Waals surface area contributed by atoms with Gasteiger partial charge in [0.05, 0.1) is 11.5 Å². The van der Waals surface area contributed by atoms with E-state index in [0.29, 0.717) is 23.4 Å². The maximum atomic E-state index is 13.7. The summed E-state index contributed by atoms with van der Waals surface area (Å²) in [6.45, 7) is -3.42. The molecule has 4 aliphatic carbocycles. The molecule has 0 radical (unpaired) electrons. The van der Waals surface area contributed by atoms with Gasteiger partial charge in [0.2, 0.25) is 5.91 Å². The van der Waals surface area contributed by atoms with Gasteiger partial charge in [0, 0.05) is 18.7 Å². The van der Waals surface area contributed by atoms with Gasteiger partial charge in [0.1, 0.15) is 11.8 Å². The molecule has 4 saturated carbocycles. The van der Waals surface area contributed by atoms with Crippen LogP contribution in [0.5, 0.6) is 5.75 Å². The normalized spacial score (nSPS) is 33.1. The number of alkyl halides is 2. The van der Waals surface area contributed by atoms with Crippen molar-refractivity contribution in [3.63, 3.8) is 0 Å². The molecule has 2 amide bonds. The maximum Gasteiger partial charge on any atom is 0.387 e. The highest BCUT2D eigenvalue weighted by molar-refractivity contribution is 5.94. The largest absolute Gasteiger partial charge is 0.454 e. The number of aliphatic hydroxyl groups excluding tert-OH is 1. The lowest BCUT2D eigenvalue weighted by atomic mass is 9.49. The molecule has 2 atom stereocenters. The van der Waals surface area contributed by atoms with E-state index in [9.17, 15) is 28.3 Å². The average Bonchev–Trinajstić information content (AvgIpc) is 3.18. The molecule has 35 heavy (non-hydrogen) atoms. The summed E-state index contributed by atoms with van der Waals surface area (Å²) in [5.41, 5.74) is -0.114. The number of halogens is 2. The number of carbonyl (C=O) groups is 3. The fraction of sp³-hybridized carbons (Fsp3) is 0.640. The van der Waals surface area contributed by atoms with E-state index in [-0.39, 0.29) is 24.6 Å². The van der Waals surface area contributed by atoms with Crippen LogP contribution in [0, 0.1) is 23.2 Å². The Bertz CT molecular complexity index is 949. The Balaban J connectivity index is 1.17. The van der Waals surface area contributed by atoms with Crippen LogP contribution in [0.1, 0.15) is 44.9 Å². The Labute approximate surface area is 201 Å². The van der Waals surface area contributed by atoms with E-state index in [4.69, 9.17) is 4.74 Å². The molecule has 5 fully saturated rings. The van der Waals surface area contributed by atoms with Gasteiger partial charge in [0.15, 0.2) is 6.61 Å². The van der Waals surface area contributed by atoms with Crippen molar-refractivity contribution in [2.45, 2.75) is 63.7 Å². The summed E-state index contributed by atoms with van der Waals surface area (Å²) in [4.78, 5) is 40.3. The summed E-state index contributed by atoms with van der Waals surface area (Å²) in [6.07, 6.45) is 5.42. The van der Waals surface area contributed by atoms with E-state index >= 15 is 0 Å². The van der Waals surface area contributed by atoms with E-state index < -0.39 is 42.7 Å². The number of anilines is 1. The molecule has 6 rings (SSSR count). The molecular weight excluding hydrogens is 462 g/mol. The Morgan fingerprint density at radius 1 is 1.03 bits per heavy atom. The number of amides is 2. The van der Waals surface area contributed by atoms with Crippen molar-refractivity contribution >= 4 is 23.5 Å². The third kappa shape index (κ3) is 4.98. The van der Waals surface area contributed by atoms with Crippen LogP contribution in [0.4, 0.5) is 14.5 Å². The lowest BCUT2D eigenvalue weighted by Gasteiger charge is -2.56. The van der Waals surface area contributed by atoms with Crippen molar-refractivity contribution in [2.24, 2.45) is 23.2 Å². The fourth-order valence-electron chi connectivity index (χ4n) is 7.09. The third-order valence-corrected chi connectivity index (χ3v) is 8.01. The van der Waals surface area contributed by atoms with Crippen LogP contribution in [0.25, 0.3) is 0 Å². The van der Waals surface area contributed by atoms with Crippen molar-refractivity contribution in [2.75, 3.05) is 18.5 Å². The van der Waals surface area contributed by atoms with Gasteiger partial charge < -0.3 is 24.8 Å². The SMILES string of the molecule is O=C(COC(=O)C1CC(O)CN1C(=O)C12CC3CC(CC(C3)C1)C2)Nc1ccc(OC(F)F)cc1. The molecule has 1 aromatic carbocycles. The minimum absolute atomic E-state index is 0.0481. The van der Waals surface area contributed by atoms with Gasteiger partial charge in [-0.3, -0.25) is 9.59 Å². The number of rotatable bonds is 7.